The number of hydrogen-bond donors (Lipinski definition) is 1. The third kappa shape index (κ3) is 4.99. The molecule has 2 aromatic rings. The van der Waals surface area contributed by atoms with E-state index in [-0.39, 0.29) is 33.8 Å². The van der Waals surface area contributed by atoms with Crippen molar-refractivity contribution in [3.05, 3.63) is 58.1 Å². The molecule has 0 saturated carbocycles. The minimum absolute atomic E-state index is 0.00777. The summed E-state index contributed by atoms with van der Waals surface area (Å²) in [5, 5.41) is 11.6. The smallest absolute Gasteiger partial charge is 0.295 e. The van der Waals surface area contributed by atoms with E-state index in [1.165, 1.54) is 31.3 Å². The summed E-state index contributed by atoms with van der Waals surface area (Å²) in [4.78, 5) is 27.7. The number of hydrogen-bond acceptors (Lipinski definition) is 6. The van der Waals surface area contributed by atoms with E-state index in [0.717, 1.165) is 12.8 Å². The molecule has 1 aliphatic heterocycles. The fourth-order valence-electron chi connectivity index (χ4n) is 3.98. The molecule has 7 nitrogen and oxygen atoms in total. The molecule has 0 aliphatic carbocycles. The number of methoxy groups -OCH3 is 2. The summed E-state index contributed by atoms with van der Waals surface area (Å²) in [6.45, 7) is 6.26. The summed E-state index contributed by atoms with van der Waals surface area (Å²) in [6, 6.07) is 9.43. The highest BCUT2D eigenvalue weighted by Gasteiger charge is 2.46. The van der Waals surface area contributed by atoms with Crippen molar-refractivity contribution in [2.45, 2.75) is 45.8 Å². The summed E-state index contributed by atoms with van der Waals surface area (Å²) in [6.07, 6.45) is 1.57. The first-order valence-corrected chi connectivity index (χ1v) is 11.6. The molecule has 0 aromatic heterocycles. The van der Waals surface area contributed by atoms with Gasteiger partial charge >= 0.3 is 0 Å². The molecule has 1 aliphatic rings. The quantitative estimate of drug-likeness (QED) is 0.291. The zero-order valence-electron chi connectivity index (χ0n) is 20.1. The standard InChI is InChI=1S/C26H30ClNO6/c1-6-7-12-28-23(16-8-10-17(11-9-16)34-15(2)3)22(25(30)26(28)31)24(29)18-13-21(33-5)19(27)14-20(18)32-4/h8-11,13-15,23,29H,6-7,12H2,1-5H3/b24-22+. The fourth-order valence-corrected chi connectivity index (χ4v) is 4.21. The molecule has 2 aromatic carbocycles. The van der Waals surface area contributed by atoms with Gasteiger partial charge in [0.1, 0.15) is 23.0 Å². The number of likely N-dealkylation sites (tertiary alicyclic amines) is 1. The summed E-state index contributed by atoms with van der Waals surface area (Å²) in [7, 11) is 2.88. The lowest BCUT2D eigenvalue weighted by molar-refractivity contribution is -0.139. The number of amides is 1. The molecule has 1 saturated heterocycles. The molecule has 1 N–H and O–H groups in total. The Morgan fingerprint density at radius 1 is 1.09 bits per heavy atom. The Labute approximate surface area is 204 Å². The molecule has 1 amide bonds. The molecule has 1 unspecified atom stereocenters. The number of rotatable bonds is 9. The van der Waals surface area contributed by atoms with Crippen molar-refractivity contribution in [1.82, 2.24) is 4.90 Å². The predicted molar refractivity (Wildman–Crippen MR) is 131 cm³/mol. The van der Waals surface area contributed by atoms with Crippen molar-refractivity contribution in [2.24, 2.45) is 0 Å². The van der Waals surface area contributed by atoms with E-state index in [2.05, 4.69) is 0 Å². The van der Waals surface area contributed by atoms with Crippen LogP contribution in [0, 0.1) is 0 Å². The number of aliphatic hydroxyl groups is 1. The van der Waals surface area contributed by atoms with Crippen LogP contribution >= 0.6 is 11.6 Å². The molecule has 3 rings (SSSR count). The molecule has 1 atom stereocenters. The van der Waals surface area contributed by atoms with Gasteiger partial charge in [-0.25, -0.2) is 0 Å². The minimum atomic E-state index is -0.758. The SMILES string of the molecule is CCCCN1C(=O)C(=O)/C(=C(/O)c2cc(OC)c(Cl)cc2OC)C1c1ccc(OC(C)C)cc1. The van der Waals surface area contributed by atoms with E-state index in [1.54, 1.807) is 24.3 Å². The van der Waals surface area contributed by atoms with Crippen molar-refractivity contribution < 1.29 is 28.9 Å². The number of carbonyl (C=O) groups excluding carboxylic acids is 2. The van der Waals surface area contributed by atoms with Gasteiger partial charge in [-0.2, -0.15) is 0 Å². The Bertz CT molecular complexity index is 1090. The van der Waals surface area contributed by atoms with Gasteiger partial charge in [-0.05, 0) is 44.0 Å². The third-order valence-electron chi connectivity index (χ3n) is 5.59. The lowest BCUT2D eigenvalue weighted by Crippen LogP contribution is -2.30. The van der Waals surface area contributed by atoms with Crippen LogP contribution in [0.25, 0.3) is 5.76 Å². The normalized spacial score (nSPS) is 17.4. The Hall–Kier alpha value is -3.19. The first-order valence-electron chi connectivity index (χ1n) is 11.2. The number of ketones is 1. The van der Waals surface area contributed by atoms with Crippen molar-refractivity contribution in [3.8, 4) is 17.2 Å². The van der Waals surface area contributed by atoms with Gasteiger partial charge in [-0.1, -0.05) is 37.1 Å². The maximum Gasteiger partial charge on any atom is 0.295 e. The molecule has 8 heteroatoms. The summed E-state index contributed by atoms with van der Waals surface area (Å²) in [5.41, 5.74) is 0.885. The monoisotopic (exact) mass is 487 g/mol. The Morgan fingerprint density at radius 3 is 2.29 bits per heavy atom. The largest absolute Gasteiger partial charge is 0.507 e. The van der Waals surface area contributed by atoms with E-state index in [9.17, 15) is 14.7 Å². The summed E-state index contributed by atoms with van der Waals surface area (Å²) >= 11 is 6.21. The zero-order chi connectivity index (χ0) is 25.0. The van der Waals surface area contributed by atoms with Gasteiger partial charge in [0.05, 0.1) is 42.5 Å². The second-order valence-corrected chi connectivity index (χ2v) is 8.68. The van der Waals surface area contributed by atoms with E-state index in [4.69, 9.17) is 25.8 Å². The number of Topliss-reactive ketones (excluding diaryl/α,β-unsaturated/α-hetero) is 1. The number of ether oxygens (including phenoxy) is 3. The Kier molecular flexibility index (Phi) is 8.10. The molecule has 1 heterocycles. The van der Waals surface area contributed by atoms with Gasteiger partial charge in [0.25, 0.3) is 11.7 Å². The van der Waals surface area contributed by atoms with Crippen LogP contribution in [0.4, 0.5) is 0 Å². The lowest BCUT2D eigenvalue weighted by atomic mass is 9.94. The zero-order valence-corrected chi connectivity index (χ0v) is 20.8. The summed E-state index contributed by atoms with van der Waals surface area (Å²) < 4.78 is 16.4. The average Bonchev–Trinajstić information content (AvgIpc) is 3.07. The van der Waals surface area contributed by atoms with Gasteiger partial charge in [0.15, 0.2) is 0 Å². The number of nitrogens with zero attached hydrogens (tertiary/aromatic N) is 1. The first-order chi connectivity index (χ1) is 16.2. The first kappa shape index (κ1) is 25.4. The maximum absolute atomic E-state index is 13.2. The summed E-state index contributed by atoms with van der Waals surface area (Å²) in [5.74, 6) is -0.525. The number of aliphatic hydroxyl groups excluding tert-OH is 1. The van der Waals surface area contributed by atoms with E-state index < -0.39 is 17.7 Å². The van der Waals surface area contributed by atoms with Crippen LogP contribution in [0.1, 0.15) is 50.8 Å². The molecule has 34 heavy (non-hydrogen) atoms. The average molecular weight is 488 g/mol. The van der Waals surface area contributed by atoms with Crippen molar-refractivity contribution >= 4 is 29.1 Å². The van der Waals surface area contributed by atoms with Crippen molar-refractivity contribution in [1.29, 1.82) is 0 Å². The highest BCUT2D eigenvalue weighted by atomic mass is 35.5. The van der Waals surface area contributed by atoms with Gasteiger partial charge in [0, 0.05) is 12.6 Å². The lowest BCUT2D eigenvalue weighted by Gasteiger charge is -2.25. The van der Waals surface area contributed by atoms with Gasteiger partial charge in [-0.15, -0.1) is 0 Å². The van der Waals surface area contributed by atoms with Crippen molar-refractivity contribution in [3.63, 3.8) is 0 Å². The Balaban J connectivity index is 2.19. The number of halogens is 1. The topological polar surface area (TPSA) is 85.3 Å². The van der Waals surface area contributed by atoms with Crippen molar-refractivity contribution in [2.75, 3.05) is 20.8 Å². The third-order valence-corrected chi connectivity index (χ3v) is 5.88. The molecule has 0 spiro atoms. The predicted octanol–water partition coefficient (Wildman–Crippen LogP) is 5.37. The van der Waals surface area contributed by atoms with E-state index in [1.807, 2.05) is 20.8 Å². The molecule has 0 bridgehead atoms. The van der Waals surface area contributed by atoms with E-state index in [0.29, 0.717) is 23.6 Å². The van der Waals surface area contributed by atoms with Gasteiger partial charge in [0.2, 0.25) is 0 Å². The van der Waals surface area contributed by atoms with Crippen LogP contribution in [-0.4, -0.2) is 48.6 Å². The highest BCUT2D eigenvalue weighted by Crippen LogP contribution is 2.43. The molecular weight excluding hydrogens is 458 g/mol. The molecular formula is C26H30ClNO6. The second kappa shape index (κ2) is 10.8. The van der Waals surface area contributed by atoms with Crippen LogP contribution in [-0.2, 0) is 9.59 Å². The Morgan fingerprint density at radius 2 is 1.74 bits per heavy atom. The van der Waals surface area contributed by atoms with Crippen LogP contribution in [0.2, 0.25) is 5.02 Å². The maximum atomic E-state index is 13.2. The second-order valence-electron chi connectivity index (χ2n) is 8.27. The number of benzene rings is 2. The van der Waals surface area contributed by atoms with Crippen LogP contribution in [0.5, 0.6) is 17.2 Å². The van der Waals surface area contributed by atoms with Crippen LogP contribution in [0.3, 0.4) is 0 Å². The van der Waals surface area contributed by atoms with Crippen LogP contribution in [0.15, 0.2) is 42.0 Å². The number of unbranched alkanes of at least 4 members (excludes halogenated alkanes) is 1. The number of carbonyl (C=O) groups is 2. The minimum Gasteiger partial charge on any atom is -0.507 e. The molecule has 0 radical (unpaired) electrons. The highest BCUT2D eigenvalue weighted by molar-refractivity contribution is 6.46. The molecule has 182 valence electrons. The molecule has 1 fully saturated rings. The fraction of sp³-hybridized carbons (Fsp3) is 0.385. The van der Waals surface area contributed by atoms with Crippen LogP contribution < -0.4 is 14.2 Å². The van der Waals surface area contributed by atoms with E-state index >= 15 is 0 Å². The van der Waals surface area contributed by atoms with Gasteiger partial charge in [-0.3, -0.25) is 9.59 Å². The van der Waals surface area contributed by atoms with Gasteiger partial charge < -0.3 is 24.2 Å².